The molecule has 0 amide bonds. The molecule has 0 fully saturated rings. The number of hydrazine groups is 1. The number of hydrogen-bond donors (Lipinski definition) is 2. The average Bonchev–Trinajstić information content (AvgIpc) is 2.13. The number of halogens is 2. The van der Waals surface area contributed by atoms with Gasteiger partial charge in [-0.25, -0.2) is 4.39 Å². The highest BCUT2D eigenvalue weighted by atomic mass is 19.2. The van der Waals surface area contributed by atoms with Crippen molar-refractivity contribution in [2.24, 2.45) is 5.84 Å². The summed E-state index contributed by atoms with van der Waals surface area (Å²) < 4.78 is 30.4. The Bertz CT molecular complexity index is 281. The predicted octanol–water partition coefficient (Wildman–Crippen LogP) is 0.807. The molecule has 0 aromatic heterocycles. The summed E-state index contributed by atoms with van der Waals surface area (Å²) in [5, 5.41) is 0. The summed E-state index contributed by atoms with van der Waals surface area (Å²) in [6.45, 7) is 0.562. The average molecular weight is 188 g/mol. The lowest BCUT2D eigenvalue weighted by atomic mass is 10.3. The molecule has 0 heterocycles. The van der Waals surface area contributed by atoms with Gasteiger partial charge in [0, 0.05) is 6.54 Å². The zero-order valence-corrected chi connectivity index (χ0v) is 6.89. The van der Waals surface area contributed by atoms with Gasteiger partial charge in [0.1, 0.15) is 6.61 Å². The first-order valence-corrected chi connectivity index (χ1v) is 3.76. The number of hydrogen-bond acceptors (Lipinski definition) is 3. The van der Waals surface area contributed by atoms with E-state index in [4.69, 9.17) is 10.6 Å². The van der Waals surface area contributed by atoms with E-state index in [1.807, 2.05) is 0 Å². The van der Waals surface area contributed by atoms with Gasteiger partial charge < -0.3 is 4.74 Å². The summed E-state index contributed by atoms with van der Waals surface area (Å²) in [4.78, 5) is 0. The highest BCUT2D eigenvalue weighted by Crippen LogP contribution is 2.18. The minimum atomic E-state index is -0.973. The molecule has 1 aromatic carbocycles. The second kappa shape index (κ2) is 4.74. The number of ether oxygens (including phenoxy) is 1. The maximum Gasteiger partial charge on any atom is 0.200 e. The summed E-state index contributed by atoms with van der Waals surface area (Å²) in [6.07, 6.45) is 0. The van der Waals surface area contributed by atoms with Crippen LogP contribution in [0.2, 0.25) is 0 Å². The topological polar surface area (TPSA) is 47.3 Å². The van der Waals surface area contributed by atoms with Crippen molar-refractivity contribution in [2.45, 2.75) is 0 Å². The molecule has 3 N–H and O–H groups in total. The molecule has 13 heavy (non-hydrogen) atoms. The van der Waals surface area contributed by atoms with Crippen LogP contribution in [0.5, 0.6) is 5.75 Å². The Kier molecular flexibility index (Phi) is 3.60. The zero-order valence-electron chi connectivity index (χ0n) is 6.89. The Hall–Kier alpha value is -1.20. The Balaban J connectivity index is 2.61. The second-order valence-electron chi connectivity index (χ2n) is 2.35. The molecule has 0 atom stereocenters. The first-order valence-electron chi connectivity index (χ1n) is 3.76. The fourth-order valence-corrected chi connectivity index (χ4v) is 0.815. The molecule has 1 rings (SSSR count). The van der Waals surface area contributed by atoms with Crippen LogP contribution in [0.4, 0.5) is 8.78 Å². The standard InChI is InChI=1S/C8H10F2N2O/c9-6-2-1-3-7(8(6)10)13-5-4-12-11/h1-3,12H,4-5,11H2. The normalized spacial score (nSPS) is 10.1. The van der Waals surface area contributed by atoms with Crippen molar-refractivity contribution >= 4 is 0 Å². The van der Waals surface area contributed by atoms with Gasteiger partial charge in [-0.15, -0.1) is 0 Å². The van der Waals surface area contributed by atoms with Gasteiger partial charge in [-0.1, -0.05) is 6.07 Å². The first kappa shape index (κ1) is 9.88. The van der Waals surface area contributed by atoms with Crippen molar-refractivity contribution in [1.82, 2.24) is 5.43 Å². The lowest BCUT2D eigenvalue weighted by Gasteiger charge is -2.06. The molecule has 0 spiro atoms. The molecule has 0 unspecified atom stereocenters. The summed E-state index contributed by atoms with van der Waals surface area (Å²) in [5.74, 6) is 2.97. The lowest BCUT2D eigenvalue weighted by Crippen LogP contribution is -2.27. The van der Waals surface area contributed by atoms with Crippen molar-refractivity contribution in [3.63, 3.8) is 0 Å². The van der Waals surface area contributed by atoms with Crippen LogP contribution in [-0.2, 0) is 0 Å². The minimum Gasteiger partial charge on any atom is -0.489 e. The molecule has 0 saturated carbocycles. The van der Waals surface area contributed by atoms with Crippen LogP contribution < -0.4 is 16.0 Å². The molecule has 3 nitrogen and oxygen atoms in total. The molecule has 0 radical (unpaired) electrons. The van der Waals surface area contributed by atoms with Gasteiger partial charge in [0.15, 0.2) is 11.6 Å². The van der Waals surface area contributed by atoms with Crippen LogP contribution in [0.25, 0.3) is 0 Å². The summed E-state index contributed by atoms with van der Waals surface area (Å²) in [6, 6.07) is 3.77. The number of rotatable bonds is 4. The van der Waals surface area contributed by atoms with Gasteiger partial charge in [0.25, 0.3) is 0 Å². The first-order chi connectivity index (χ1) is 6.25. The maximum absolute atomic E-state index is 12.9. The third-order valence-corrected chi connectivity index (χ3v) is 1.42. The Morgan fingerprint density at radius 3 is 2.85 bits per heavy atom. The second-order valence-corrected chi connectivity index (χ2v) is 2.35. The van der Waals surface area contributed by atoms with E-state index in [9.17, 15) is 8.78 Å². The summed E-state index contributed by atoms with van der Waals surface area (Å²) in [5.41, 5.74) is 2.33. The van der Waals surface area contributed by atoms with E-state index in [1.165, 1.54) is 12.1 Å². The van der Waals surface area contributed by atoms with E-state index in [0.717, 1.165) is 6.07 Å². The molecule has 0 aliphatic heterocycles. The fourth-order valence-electron chi connectivity index (χ4n) is 0.815. The molecule has 0 saturated heterocycles. The van der Waals surface area contributed by atoms with Crippen LogP contribution in [0.3, 0.4) is 0 Å². The van der Waals surface area contributed by atoms with Crippen molar-refractivity contribution in [2.75, 3.05) is 13.2 Å². The molecule has 72 valence electrons. The van der Waals surface area contributed by atoms with Crippen molar-refractivity contribution < 1.29 is 13.5 Å². The van der Waals surface area contributed by atoms with E-state index in [1.54, 1.807) is 0 Å². The van der Waals surface area contributed by atoms with Crippen molar-refractivity contribution in [1.29, 1.82) is 0 Å². The van der Waals surface area contributed by atoms with Crippen LogP contribution in [0.15, 0.2) is 18.2 Å². The largest absolute Gasteiger partial charge is 0.489 e. The Morgan fingerprint density at radius 1 is 1.38 bits per heavy atom. The van der Waals surface area contributed by atoms with E-state index < -0.39 is 11.6 Å². The number of nitrogens with two attached hydrogens (primary N) is 1. The van der Waals surface area contributed by atoms with E-state index in [0.29, 0.717) is 6.54 Å². The molecule has 1 aromatic rings. The maximum atomic E-state index is 12.9. The number of nitrogens with one attached hydrogen (secondary N) is 1. The quantitative estimate of drug-likeness (QED) is 0.417. The minimum absolute atomic E-state index is 0.102. The van der Waals surface area contributed by atoms with E-state index >= 15 is 0 Å². The zero-order chi connectivity index (χ0) is 9.68. The van der Waals surface area contributed by atoms with E-state index in [-0.39, 0.29) is 12.4 Å². The van der Waals surface area contributed by atoms with Gasteiger partial charge in [0.05, 0.1) is 0 Å². The Labute approximate surface area is 74.5 Å². The van der Waals surface area contributed by atoms with Gasteiger partial charge in [0.2, 0.25) is 5.82 Å². The molecule has 0 aliphatic carbocycles. The van der Waals surface area contributed by atoms with Crippen LogP contribution in [0, 0.1) is 11.6 Å². The predicted molar refractivity (Wildman–Crippen MR) is 44.0 cm³/mol. The third kappa shape index (κ3) is 2.64. The Morgan fingerprint density at radius 2 is 2.15 bits per heavy atom. The monoisotopic (exact) mass is 188 g/mol. The van der Waals surface area contributed by atoms with Gasteiger partial charge in [-0.3, -0.25) is 11.3 Å². The summed E-state index contributed by atoms with van der Waals surface area (Å²) in [7, 11) is 0. The van der Waals surface area contributed by atoms with Crippen LogP contribution in [0.1, 0.15) is 0 Å². The van der Waals surface area contributed by atoms with Gasteiger partial charge >= 0.3 is 0 Å². The van der Waals surface area contributed by atoms with E-state index in [2.05, 4.69) is 5.43 Å². The smallest absolute Gasteiger partial charge is 0.200 e. The highest BCUT2D eigenvalue weighted by molar-refractivity contribution is 5.24. The highest BCUT2D eigenvalue weighted by Gasteiger charge is 2.07. The van der Waals surface area contributed by atoms with Gasteiger partial charge in [-0.2, -0.15) is 4.39 Å². The fraction of sp³-hybridized carbons (Fsp3) is 0.250. The molecular formula is C8H10F2N2O. The third-order valence-electron chi connectivity index (χ3n) is 1.42. The molecule has 0 aliphatic rings. The molecule has 5 heteroatoms. The van der Waals surface area contributed by atoms with Crippen LogP contribution in [-0.4, -0.2) is 13.2 Å². The van der Waals surface area contributed by atoms with Crippen molar-refractivity contribution in [3.05, 3.63) is 29.8 Å². The lowest BCUT2D eigenvalue weighted by molar-refractivity contribution is 0.294. The molecule has 0 bridgehead atoms. The summed E-state index contributed by atoms with van der Waals surface area (Å²) >= 11 is 0. The van der Waals surface area contributed by atoms with Gasteiger partial charge in [-0.05, 0) is 12.1 Å². The molecular weight excluding hydrogens is 178 g/mol. The number of benzene rings is 1. The van der Waals surface area contributed by atoms with Crippen molar-refractivity contribution in [3.8, 4) is 5.75 Å². The SMILES string of the molecule is NNCCOc1cccc(F)c1F. The van der Waals surface area contributed by atoms with Crippen LogP contribution >= 0.6 is 0 Å².